The van der Waals surface area contributed by atoms with Crippen molar-refractivity contribution in [2.24, 2.45) is 5.73 Å². The molecule has 0 aliphatic carbocycles. The maximum atomic E-state index is 14.1. The fourth-order valence-corrected chi connectivity index (χ4v) is 3.22. The van der Waals surface area contributed by atoms with E-state index >= 15 is 0 Å². The Balaban J connectivity index is 1.74. The molecule has 0 bridgehead atoms. The van der Waals surface area contributed by atoms with Crippen LogP contribution in [0.2, 0.25) is 0 Å². The summed E-state index contributed by atoms with van der Waals surface area (Å²) < 4.78 is 33.6. The van der Waals surface area contributed by atoms with Crippen LogP contribution in [0.15, 0.2) is 12.1 Å². The topological polar surface area (TPSA) is 41.7 Å². The zero-order valence-electron chi connectivity index (χ0n) is 12.0. The van der Waals surface area contributed by atoms with Gasteiger partial charge in [0.2, 0.25) is 0 Å². The minimum atomic E-state index is -0.516. The summed E-state index contributed by atoms with van der Waals surface area (Å²) >= 11 is 0. The highest BCUT2D eigenvalue weighted by Gasteiger charge is 2.31. The first-order valence-electron chi connectivity index (χ1n) is 7.44. The Labute approximate surface area is 123 Å². The second-order valence-electron chi connectivity index (χ2n) is 5.65. The van der Waals surface area contributed by atoms with Gasteiger partial charge in [0, 0.05) is 38.8 Å². The number of benzene rings is 1. The monoisotopic (exact) mass is 297 g/mol. The number of rotatable bonds is 3. The molecule has 0 amide bonds. The highest BCUT2D eigenvalue weighted by molar-refractivity contribution is 5.51. The Kier molecular flexibility index (Phi) is 4.37. The number of nitrogens with zero attached hydrogens (tertiary/aromatic N) is 2. The molecule has 0 aromatic heterocycles. The van der Waals surface area contributed by atoms with Crippen LogP contribution in [0.5, 0.6) is 0 Å². The predicted molar refractivity (Wildman–Crippen MR) is 77.3 cm³/mol. The number of halogens is 2. The van der Waals surface area contributed by atoms with Gasteiger partial charge >= 0.3 is 0 Å². The lowest BCUT2D eigenvalue weighted by Crippen LogP contribution is -2.44. The van der Waals surface area contributed by atoms with Gasteiger partial charge in [0.25, 0.3) is 0 Å². The van der Waals surface area contributed by atoms with Gasteiger partial charge in [-0.25, -0.2) is 8.78 Å². The van der Waals surface area contributed by atoms with Crippen molar-refractivity contribution in [2.45, 2.75) is 19.0 Å². The average Bonchev–Trinajstić information content (AvgIpc) is 2.97. The molecule has 1 atom stereocenters. The zero-order chi connectivity index (χ0) is 14.8. The van der Waals surface area contributed by atoms with Crippen molar-refractivity contribution >= 4 is 5.69 Å². The minimum absolute atomic E-state index is 0.0861. The quantitative estimate of drug-likeness (QED) is 0.914. The summed E-state index contributed by atoms with van der Waals surface area (Å²) in [6.07, 6.45) is 0.928. The normalized spacial score (nSPS) is 23.8. The Morgan fingerprint density at radius 3 is 2.43 bits per heavy atom. The number of morpholine rings is 1. The highest BCUT2D eigenvalue weighted by atomic mass is 19.1. The van der Waals surface area contributed by atoms with E-state index in [1.807, 2.05) is 4.90 Å². The summed E-state index contributed by atoms with van der Waals surface area (Å²) in [4.78, 5) is 4.17. The van der Waals surface area contributed by atoms with E-state index < -0.39 is 11.6 Å². The minimum Gasteiger partial charge on any atom is -0.379 e. The maximum Gasteiger partial charge on any atom is 0.149 e. The molecule has 2 heterocycles. The van der Waals surface area contributed by atoms with E-state index in [1.54, 1.807) is 0 Å². The predicted octanol–water partition coefficient (Wildman–Crippen LogP) is 1.33. The molecule has 1 aromatic rings. The fraction of sp³-hybridized carbons (Fsp3) is 0.600. The Hall–Kier alpha value is -1.24. The second-order valence-corrected chi connectivity index (χ2v) is 5.65. The molecule has 116 valence electrons. The van der Waals surface area contributed by atoms with Crippen LogP contribution in [-0.2, 0) is 11.3 Å². The molecule has 0 radical (unpaired) electrons. The molecule has 2 fully saturated rings. The summed E-state index contributed by atoms with van der Waals surface area (Å²) in [5, 5.41) is 0. The highest BCUT2D eigenvalue weighted by Crippen LogP contribution is 2.29. The van der Waals surface area contributed by atoms with Crippen LogP contribution >= 0.6 is 0 Å². The maximum absolute atomic E-state index is 14.1. The van der Waals surface area contributed by atoms with Gasteiger partial charge in [0.05, 0.1) is 13.2 Å². The summed E-state index contributed by atoms with van der Waals surface area (Å²) in [5.41, 5.74) is 6.02. The summed E-state index contributed by atoms with van der Waals surface area (Å²) in [5.74, 6) is -1.03. The Morgan fingerprint density at radius 2 is 1.81 bits per heavy atom. The van der Waals surface area contributed by atoms with Gasteiger partial charge in [0.15, 0.2) is 0 Å². The molecule has 2 aliphatic heterocycles. The van der Waals surface area contributed by atoms with E-state index in [-0.39, 0.29) is 12.2 Å². The molecule has 0 saturated carbocycles. The van der Waals surface area contributed by atoms with Gasteiger partial charge in [-0.1, -0.05) is 0 Å². The first-order chi connectivity index (χ1) is 10.2. The number of anilines is 1. The standard InChI is InChI=1S/C15H21F2N3O/c16-13-7-11(9-18)8-14(17)15(13)20-2-1-12(10-20)19-3-5-21-6-4-19/h7-8,12H,1-6,9-10,18H2. The second kappa shape index (κ2) is 6.25. The molecule has 1 unspecified atom stereocenters. The van der Waals surface area contributed by atoms with E-state index in [0.29, 0.717) is 24.7 Å². The number of hydrogen-bond acceptors (Lipinski definition) is 4. The van der Waals surface area contributed by atoms with Crippen molar-refractivity contribution in [1.82, 2.24) is 4.90 Å². The van der Waals surface area contributed by atoms with E-state index in [2.05, 4.69) is 4.90 Å². The Bertz CT molecular complexity index is 483. The smallest absolute Gasteiger partial charge is 0.149 e. The number of nitrogens with two attached hydrogens (primary N) is 1. The van der Waals surface area contributed by atoms with Crippen LogP contribution in [-0.4, -0.2) is 50.3 Å². The molecule has 21 heavy (non-hydrogen) atoms. The van der Waals surface area contributed by atoms with E-state index in [9.17, 15) is 8.78 Å². The third-order valence-corrected chi connectivity index (χ3v) is 4.35. The van der Waals surface area contributed by atoms with Crippen LogP contribution < -0.4 is 10.6 Å². The largest absolute Gasteiger partial charge is 0.379 e. The molecule has 2 saturated heterocycles. The third-order valence-electron chi connectivity index (χ3n) is 4.35. The van der Waals surface area contributed by atoms with Crippen molar-refractivity contribution in [3.8, 4) is 0 Å². The van der Waals surface area contributed by atoms with Crippen LogP contribution in [0, 0.1) is 11.6 Å². The first-order valence-corrected chi connectivity index (χ1v) is 7.44. The van der Waals surface area contributed by atoms with E-state index in [4.69, 9.17) is 10.5 Å². The summed E-state index contributed by atoms with van der Waals surface area (Å²) in [7, 11) is 0. The van der Waals surface area contributed by atoms with Crippen molar-refractivity contribution in [2.75, 3.05) is 44.3 Å². The van der Waals surface area contributed by atoms with Crippen molar-refractivity contribution in [3.63, 3.8) is 0 Å². The summed E-state index contributed by atoms with van der Waals surface area (Å²) in [6, 6.07) is 3.02. The first kappa shape index (κ1) is 14.7. The Morgan fingerprint density at radius 1 is 1.14 bits per heavy atom. The van der Waals surface area contributed by atoms with Crippen LogP contribution in [0.3, 0.4) is 0 Å². The molecule has 3 rings (SSSR count). The van der Waals surface area contributed by atoms with Gasteiger partial charge in [0.1, 0.15) is 17.3 Å². The lowest BCUT2D eigenvalue weighted by atomic mass is 10.1. The van der Waals surface area contributed by atoms with Gasteiger partial charge in [-0.05, 0) is 24.1 Å². The van der Waals surface area contributed by atoms with E-state index in [1.165, 1.54) is 12.1 Å². The van der Waals surface area contributed by atoms with Gasteiger partial charge < -0.3 is 15.4 Å². The van der Waals surface area contributed by atoms with Crippen molar-refractivity contribution in [3.05, 3.63) is 29.3 Å². The van der Waals surface area contributed by atoms with Gasteiger partial charge in [-0.3, -0.25) is 4.90 Å². The molecule has 2 aliphatic rings. The third kappa shape index (κ3) is 3.02. The summed E-state index contributed by atoms with van der Waals surface area (Å²) in [6.45, 7) is 4.76. The molecule has 6 heteroatoms. The van der Waals surface area contributed by atoms with Crippen molar-refractivity contribution < 1.29 is 13.5 Å². The molecular weight excluding hydrogens is 276 g/mol. The van der Waals surface area contributed by atoms with Gasteiger partial charge in [-0.15, -0.1) is 0 Å². The molecule has 2 N–H and O–H groups in total. The fourth-order valence-electron chi connectivity index (χ4n) is 3.22. The lowest BCUT2D eigenvalue weighted by Gasteiger charge is -2.32. The molecule has 4 nitrogen and oxygen atoms in total. The molecular formula is C15H21F2N3O. The number of hydrogen-bond donors (Lipinski definition) is 1. The van der Waals surface area contributed by atoms with Crippen LogP contribution in [0.4, 0.5) is 14.5 Å². The zero-order valence-corrected chi connectivity index (χ0v) is 12.0. The average molecular weight is 297 g/mol. The van der Waals surface area contributed by atoms with Gasteiger partial charge in [-0.2, -0.15) is 0 Å². The van der Waals surface area contributed by atoms with E-state index in [0.717, 1.165) is 32.7 Å². The van der Waals surface area contributed by atoms with Crippen LogP contribution in [0.25, 0.3) is 0 Å². The lowest BCUT2D eigenvalue weighted by molar-refractivity contribution is 0.0209. The van der Waals surface area contributed by atoms with Crippen LogP contribution in [0.1, 0.15) is 12.0 Å². The SMILES string of the molecule is NCc1cc(F)c(N2CCC(N3CCOCC3)C2)c(F)c1. The van der Waals surface area contributed by atoms with Crippen molar-refractivity contribution in [1.29, 1.82) is 0 Å². The molecule has 0 spiro atoms. The molecule has 1 aromatic carbocycles. The number of ether oxygens (including phenoxy) is 1.